The molecule has 0 saturated carbocycles. The summed E-state index contributed by atoms with van der Waals surface area (Å²) in [6.07, 6.45) is 4.66. The number of hydrogen-bond donors (Lipinski definition) is 0. The van der Waals surface area contributed by atoms with E-state index in [4.69, 9.17) is 0 Å². The van der Waals surface area contributed by atoms with Gasteiger partial charge in [0.05, 0.1) is 0 Å². The van der Waals surface area contributed by atoms with E-state index in [1.54, 1.807) is 0 Å². The van der Waals surface area contributed by atoms with Crippen molar-refractivity contribution >= 4 is 34.2 Å². The van der Waals surface area contributed by atoms with Crippen LogP contribution >= 0.6 is 28.3 Å². The highest BCUT2D eigenvalue weighted by Gasteiger charge is 2.42. The third-order valence-electron chi connectivity index (χ3n) is 7.87. The molecule has 0 aromatic heterocycles. The first-order chi connectivity index (χ1) is 16.6. The molecule has 2 saturated heterocycles. The van der Waals surface area contributed by atoms with Gasteiger partial charge in [-0.25, -0.2) is 0 Å². The van der Waals surface area contributed by atoms with Gasteiger partial charge in [0, 0.05) is 29.0 Å². The number of hydrogen-bond acceptors (Lipinski definition) is 2. The van der Waals surface area contributed by atoms with Crippen LogP contribution in [0, 0.1) is 5.41 Å². The number of nitrogens with zero attached hydrogens (tertiary/aromatic N) is 2. The number of amides is 1. The lowest BCUT2D eigenvalue weighted by atomic mass is 9.77. The third kappa shape index (κ3) is 6.17. The van der Waals surface area contributed by atoms with Gasteiger partial charge in [-0.1, -0.05) is 76.6 Å². The fourth-order valence-corrected chi connectivity index (χ4v) is 6.02. The van der Waals surface area contributed by atoms with Crippen LogP contribution in [0.25, 0.3) is 0 Å². The van der Waals surface area contributed by atoms with Gasteiger partial charge in [-0.3, -0.25) is 4.79 Å². The molecule has 0 atom stereocenters. The lowest BCUT2D eigenvalue weighted by molar-refractivity contribution is 0.0718. The summed E-state index contributed by atoms with van der Waals surface area (Å²) in [5.74, 6) is 0.615. The Morgan fingerprint density at radius 3 is 1.91 bits per heavy atom. The largest absolute Gasteiger partial charge is 0.338 e. The normalized spacial score (nSPS) is 17.5. The molecular weight excluding hydrogens is 520 g/mol. The summed E-state index contributed by atoms with van der Waals surface area (Å²) in [6, 6.07) is 29.6. The lowest BCUT2D eigenvalue weighted by Crippen LogP contribution is -2.42. The van der Waals surface area contributed by atoms with Crippen LogP contribution < -0.4 is 0 Å². The van der Waals surface area contributed by atoms with Crippen molar-refractivity contribution in [1.29, 1.82) is 0 Å². The molecule has 3 aromatic rings. The Morgan fingerprint density at radius 1 is 0.800 bits per heavy atom. The molecule has 0 radical (unpaired) electrons. The molecule has 1 amide bonds. The Morgan fingerprint density at radius 2 is 1.34 bits per heavy atom. The Labute approximate surface area is 224 Å². The van der Waals surface area contributed by atoms with Gasteiger partial charge in [-0.15, -0.1) is 12.4 Å². The Balaban J connectivity index is 0.00000289. The van der Waals surface area contributed by atoms with Gasteiger partial charge in [0.1, 0.15) is 0 Å². The molecule has 5 heteroatoms. The zero-order valence-corrected chi connectivity index (χ0v) is 22.5. The molecular formula is C30H34BrClN2O. The monoisotopic (exact) mass is 552 g/mol. The second-order valence-electron chi connectivity index (χ2n) is 9.99. The molecule has 35 heavy (non-hydrogen) atoms. The first-order valence-electron chi connectivity index (χ1n) is 12.5. The van der Waals surface area contributed by atoms with Crippen molar-refractivity contribution in [2.24, 2.45) is 5.41 Å². The molecule has 2 heterocycles. The van der Waals surface area contributed by atoms with E-state index in [-0.39, 0.29) is 18.3 Å². The summed E-state index contributed by atoms with van der Waals surface area (Å²) in [4.78, 5) is 17.7. The van der Waals surface area contributed by atoms with E-state index in [9.17, 15) is 4.79 Å². The maximum atomic E-state index is 13.0. The van der Waals surface area contributed by atoms with Crippen LogP contribution in [0.2, 0.25) is 0 Å². The average molecular weight is 554 g/mol. The van der Waals surface area contributed by atoms with Crippen LogP contribution in [0.1, 0.15) is 53.1 Å². The third-order valence-corrected chi connectivity index (χ3v) is 8.40. The van der Waals surface area contributed by atoms with Gasteiger partial charge in [0.15, 0.2) is 0 Å². The number of benzene rings is 3. The number of piperidine rings is 1. The maximum absolute atomic E-state index is 13.0. The predicted molar refractivity (Wildman–Crippen MR) is 149 cm³/mol. The highest BCUT2D eigenvalue weighted by Crippen LogP contribution is 2.41. The van der Waals surface area contributed by atoms with Crippen molar-refractivity contribution in [1.82, 2.24) is 9.80 Å². The van der Waals surface area contributed by atoms with Crippen LogP contribution in [0.15, 0.2) is 89.4 Å². The highest BCUT2D eigenvalue weighted by molar-refractivity contribution is 9.10. The molecule has 3 aromatic carbocycles. The molecule has 0 N–H and O–H groups in total. The summed E-state index contributed by atoms with van der Waals surface area (Å²) in [6.45, 7) is 5.19. The molecule has 0 bridgehead atoms. The van der Waals surface area contributed by atoms with Crippen molar-refractivity contribution in [3.8, 4) is 0 Å². The molecule has 0 aliphatic carbocycles. The van der Waals surface area contributed by atoms with Crippen molar-refractivity contribution in [2.75, 3.05) is 32.7 Å². The topological polar surface area (TPSA) is 23.6 Å². The van der Waals surface area contributed by atoms with Crippen LogP contribution in [0.4, 0.5) is 0 Å². The van der Waals surface area contributed by atoms with E-state index in [2.05, 4.69) is 86.4 Å². The molecule has 0 unspecified atom stereocenters. The van der Waals surface area contributed by atoms with Gasteiger partial charge in [-0.05, 0) is 86.1 Å². The quantitative estimate of drug-likeness (QED) is 0.327. The summed E-state index contributed by atoms with van der Waals surface area (Å²) in [5.41, 5.74) is 3.91. The SMILES string of the molecule is Cl.O=C(c1ccc(Br)cc1)N1CCC2(CCN(CCC(c3ccccc3)c3ccccc3)CC2)C1. The Hall–Kier alpha value is -2.14. The minimum absolute atomic E-state index is 0. The van der Waals surface area contributed by atoms with Crippen molar-refractivity contribution < 1.29 is 4.79 Å². The summed E-state index contributed by atoms with van der Waals surface area (Å²) in [5, 5.41) is 0. The zero-order chi connectivity index (χ0) is 23.4. The van der Waals surface area contributed by atoms with E-state index in [0.717, 1.165) is 55.6 Å². The van der Waals surface area contributed by atoms with Gasteiger partial charge < -0.3 is 9.80 Å². The second kappa shape index (κ2) is 11.7. The average Bonchev–Trinajstić information content (AvgIpc) is 3.30. The Kier molecular flexibility index (Phi) is 8.69. The second-order valence-corrected chi connectivity index (χ2v) is 10.9. The first kappa shape index (κ1) is 25.9. The van der Waals surface area contributed by atoms with Crippen LogP contribution in [-0.4, -0.2) is 48.4 Å². The molecule has 5 rings (SSSR count). The zero-order valence-electron chi connectivity index (χ0n) is 20.1. The molecule has 2 aliphatic rings. The van der Waals surface area contributed by atoms with E-state index >= 15 is 0 Å². The van der Waals surface area contributed by atoms with E-state index < -0.39 is 0 Å². The highest BCUT2D eigenvalue weighted by atomic mass is 79.9. The van der Waals surface area contributed by atoms with Gasteiger partial charge >= 0.3 is 0 Å². The minimum Gasteiger partial charge on any atom is -0.338 e. The first-order valence-corrected chi connectivity index (χ1v) is 13.3. The van der Waals surface area contributed by atoms with E-state index in [0.29, 0.717) is 11.3 Å². The van der Waals surface area contributed by atoms with Gasteiger partial charge in [0.25, 0.3) is 5.91 Å². The number of rotatable bonds is 6. The van der Waals surface area contributed by atoms with Crippen LogP contribution in [0.3, 0.4) is 0 Å². The van der Waals surface area contributed by atoms with E-state index in [1.807, 2.05) is 24.3 Å². The van der Waals surface area contributed by atoms with Crippen molar-refractivity contribution in [3.05, 3.63) is 106 Å². The molecule has 3 nitrogen and oxygen atoms in total. The van der Waals surface area contributed by atoms with Crippen molar-refractivity contribution in [3.63, 3.8) is 0 Å². The standard InChI is InChI=1S/C30H33BrN2O.ClH/c31-27-13-11-26(12-14-27)29(34)33-22-18-30(23-33)16-20-32(21-17-30)19-15-28(24-7-3-1-4-8-24)25-9-5-2-6-10-25;/h1-14,28H,15-23H2;1H. The maximum Gasteiger partial charge on any atom is 0.253 e. The van der Waals surface area contributed by atoms with E-state index in [1.165, 1.54) is 24.0 Å². The predicted octanol–water partition coefficient (Wildman–Crippen LogP) is 7.02. The minimum atomic E-state index is 0. The number of halogens is 2. The van der Waals surface area contributed by atoms with Gasteiger partial charge in [-0.2, -0.15) is 0 Å². The number of likely N-dealkylation sites (tertiary alicyclic amines) is 2. The number of carbonyl (C=O) groups excluding carboxylic acids is 1. The summed E-state index contributed by atoms with van der Waals surface area (Å²) in [7, 11) is 0. The number of carbonyl (C=O) groups is 1. The smallest absolute Gasteiger partial charge is 0.253 e. The van der Waals surface area contributed by atoms with Crippen LogP contribution in [-0.2, 0) is 0 Å². The molecule has 1 spiro atoms. The fourth-order valence-electron chi connectivity index (χ4n) is 5.75. The lowest BCUT2D eigenvalue weighted by Gasteiger charge is -2.39. The summed E-state index contributed by atoms with van der Waals surface area (Å²) < 4.78 is 1.01. The van der Waals surface area contributed by atoms with Crippen molar-refractivity contribution in [2.45, 2.75) is 31.6 Å². The molecule has 2 aliphatic heterocycles. The van der Waals surface area contributed by atoms with Crippen LogP contribution in [0.5, 0.6) is 0 Å². The Bertz CT molecular complexity index is 1040. The molecule has 184 valence electrons. The summed E-state index contributed by atoms with van der Waals surface area (Å²) >= 11 is 3.46. The fraction of sp³-hybridized carbons (Fsp3) is 0.367. The molecule has 2 fully saturated rings. The van der Waals surface area contributed by atoms with Gasteiger partial charge in [0.2, 0.25) is 0 Å².